The number of benzene rings is 2. The topological polar surface area (TPSA) is 116 Å². The zero-order chi connectivity index (χ0) is 18.7. The van der Waals surface area contributed by atoms with Gasteiger partial charge in [0.15, 0.2) is 0 Å². The molecule has 2 aromatic carbocycles. The highest BCUT2D eigenvalue weighted by atomic mass is 32.2. The number of methoxy groups -OCH3 is 1. The van der Waals surface area contributed by atoms with E-state index in [2.05, 4.69) is 0 Å². The number of halogens is 1. The summed E-state index contributed by atoms with van der Waals surface area (Å²) in [5, 5.41) is 5.82. The number of nitrogens with one attached hydrogen (secondary N) is 1. The largest absolute Gasteiger partial charge is 0.496 e. The minimum absolute atomic E-state index is 0.449. The number of para-hydroxylation sites is 1. The van der Waals surface area contributed by atoms with Gasteiger partial charge in [0.05, 0.1) is 18.2 Å². The Hall–Kier alpha value is -2.43. The number of anilines is 1. The average molecular weight is 386 g/mol. The van der Waals surface area contributed by atoms with Crippen molar-refractivity contribution >= 4 is 31.8 Å². The Morgan fingerprint density at radius 3 is 2.44 bits per heavy atom. The Morgan fingerprint density at radius 2 is 1.80 bits per heavy atom. The summed E-state index contributed by atoms with van der Waals surface area (Å²) in [4.78, 5) is -0.539. The van der Waals surface area contributed by atoms with Crippen LogP contribution in [0.3, 0.4) is 0 Å². The molecule has 0 atom stereocenters. The Morgan fingerprint density at radius 1 is 1.12 bits per heavy atom. The molecule has 0 amide bonds. The molecule has 0 aliphatic rings. The molecule has 0 saturated heterocycles. The number of hydrogen-bond acceptors (Lipinski definition) is 5. The van der Waals surface area contributed by atoms with E-state index in [1.54, 1.807) is 24.3 Å². The molecular formula is C15H15FN2O5S2. The smallest absolute Gasteiger partial charge is 0.255 e. The van der Waals surface area contributed by atoms with Crippen molar-refractivity contribution in [3.63, 3.8) is 0 Å². The molecule has 0 heterocycles. The van der Waals surface area contributed by atoms with Gasteiger partial charge < -0.3 is 4.74 Å². The molecule has 0 fully saturated rings. The number of ether oxygens (including phenoxy) is 1. The van der Waals surface area contributed by atoms with Gasteiger partial charge in [0.1, 0.15) is 16.5 Å². The van der Waals surface area contributed by atoms with Crippen molar-refractivity contribution in [3.8, 4) is 5.75 Å². The summed E-state index contributed by atoms with van der Waals surface area (Å²) < 4.78 is 67.8. The van der Waals surface area contributed by atoms with Gasteiger partial charge >= 0.3 is 0 Å². The lowest BCUT2D eigenvalue weighted by Crippen LogP contribution is -2.17. The summed E-state index contributed by atoms with van der Waals surface area (Å²) in [5.41, 5.74) is 0.00784. The lowest BCUT2D eigenvalue weighted by atomic mass is 10.2. The van der Waals surface area contributed by atoms with Crippen LogP contribution in [0.5, 0.6) is 5.75 Å². The van der Waals surface area contributed by atoms with E-state index < -0.39 is 36.4 Å². The quantitative estimate of drug-likeness (QED) is 0.787. The summed E-state index contributed by atoms with van der Waals surface area (Å²) in [6.07, 6.45) is 1.26. The van der Waals surface area contributed by atoms with E-state index in [1.807, 2.05) is 4.72 Å². The van der Waals surface area contributed by atoms with Crippen molar-refractivity contribution in [2.45, 2.75) is 4.90 Å². The fourth-order valence-electron chi connectivity index (χ4n) is 1.98. The molecule has 0 bridgehead atoms. The molecule has 0 aromatic heterocycles. The molecule has 10 heteroatoms. The van der Waals surface area contributed by atoms with Gasteiger partial charge in [0.2, 0.25) is 10.0 Å². The molecule has 2 aromatic rings. The highest BCUT2D eigenvalue weighted by Crippen LogP contribution is 2.24. The van der Waals surface area contributed by atoms with E-state index in [4.69, 9.17) is 9.88 Å². The number of primary sulfonamides is 1. The molecule has 0 aliphatic carbocycles. The van der Waals surface area contributed by atoms with Crippen LogP contribution in [0.1, 0.15) is 5.56 Å². The molecule has 0 unspecified atom stereocenters. The second kappa shape index (κ2) is 7.21. The van der Waals surface area contributed by atoms with Crippen LogP contribution < -0.4 is 14.6 Å². The molecule has 25 heavy (non-hydrogen) atoms. The Bertz CT molecular complexity index is 1020. The number of nitrogens with two attached hydrogens (primary N) is 1. The van der Waals surface area contributed by atoms with Crippen LogP contribution >= 0.6 is 0 Å². The van der Waals surface area contributed by atoms with Gasteiger partial charge in [-0.2, -0.15) is 0 Å². The van der Waals surface area contributed by atoms with Crippen LogP contribution in [0, 0.1) is 5.82 Å². The summed E-state index contributed by atoms with van der Waals surface area (Å²) in [7, 11) is -6.93. The molecular weight excluding hydrogens is 371 g/mol. The third kappa shape index (κ3) is 5.02. The fourth-order valence-corrected chi connectivity index (χ4v) is 3.59. The van der Waals surface area contributed by atoms with E-state index >= 15 is 0 Å². The predicted octanol–water partition coefficient (Wildman–Crippen LogP) is 1.89. The highest BCUT2D eigenvalue weighted by molar-refractivity contribution is 7.95. The first-order valence-electron chi connectivity index (χ1n) is 6.79. The molecule has 0 saturated carbocycles. The van der Waals surface area contributed by atoms with Gasteiger partial charge in [0, 0.05) is 5.56 Å². The maximum atomic E-state index is 13.4. The van der Waals surface area contributed by atoms with Crippen molar-refractivity contribution < 1.29 is 26.0 Å². The Balaban J connectivity index is 2.37. The van der Waals surface area contributed by atoms with Gasteiger partial charge in [-0.05, 0) is 30.3 Å². The molecule has 134 valence electrons. The van der Waals surface area contributed by atoms with E-state index in [-0.39, 0.29) is 0 Å². The van der Waals surface area contributed by atoms with E-state index in [0.29, 0.717) is 11.3 Å². The van der Waals surface area contributed by atoms with Crippen LogP contribution in [-0.2, 0) is 20.0 Å². The van der Waals surface area contributed by atoms with Crippen molar-refractivity contribution in [2.24, 2.45) is 5.14 Å². The van der Waals surface area contributed by atoms with Crippen LogP contribution in [0.25, 0.3) is 6.08 Å². The van der Waals surface area contributed by atoms with Gasteiger partial charge in [-0.3, -0.25) is 4.72 Å². The molecule has 0 radical (unpaired) electrons. The van der Waals surface area contributed by atoms with Crippen LogP contribution in [0.4, 0.5) is 10.1 Å². The third-order valence-electron chi connectivity index (χ3n) is 3.07. The molecule has 0 aliphatic heterocycles. The SMILES string of the molecule is COc1ccccc1/C=C/S(=O)(=O)Nc1cc(F)ccc1S(N)(=O)=O. The first-order valence-corrected chi connectivity index (χ1v) is 9.88. The maximum Gasteiger partial charge on any atom is 0.255 e. The Labute approximate surface area is 145 Å². The van der Waals surface area contributed by atoms with E-state index in [1.165, 1.54) is 13.2 Å². The standard InChI is InChI=1S/C15H15FN2O5S2/c1-23-14-5-3-2-4-11(14)8-9-24(19,20)18-13-10-12(16)6-7-15(13)25(17,21)22/h2-10,18H,1H3,(H2,17,21,22)/b9-8+. The first-order chi connectivity index (χ1) is 11.6. The van der Waals surface area contributed by atoms with Gasteiger partial charge in [-0.1, -0.05) is 18.2 Å². The van der Waals surface area contributed by atoms with Gasteiger partial charge in [-0.25, -0.2) is 26.4 Å². The minimum Gasteiger partial charge on any atom is -0.496 e. The number of sulfonamides is 2. The molecule has 7 nitrogen and oxygen atoms in total. The van der Waals surface area contributed by atoms with Crippen LogP contribution in [-0.4, -0.2) is 23.9 Å². The monoisotopic (exact) mass is 386 g/mol. The zero-order valence-corrected chi connectivity index (χ0v) is 14.6. The van der Waals surface area contributed by atoms with Gasteiger partial charge in [0.25, 0.3) is 10.0 Å². The fraction of sp³-hybridized carbons (Fsp3) is 0.0667. The number of hydrogen-bond donors (Lipinski definition) is 2. The van der Waals surface area contributed by atoms with Crippen molar-refractivity contribution in [1.82, 2.24) is 0 Å². The van der Waals surface area contributed by atoms with Crippen LogP contribution in [0.2, 0.25) is 0 Å². The second-order valence-corrected chi connectivity index (χ2v) is 7.97. The summed E-state index contributed by atoms with van der Waals surface area (Å²) in [6, 6.07) is 9.15. The maximum absolute atomic E-state index is 13.4. The normalized spacial score (nSPS) is 12.3. The lowest BCUT2D eigenvalue weighted by Gasteiger charge is -2.09. The highest BCUT2D eigenvalue weighted by Gasteiger charge is 2.18. The van der Waals surface area contributed by atoms with Crippen LogP contribution in [0.15, 0.2) is 52.8 Å². The number of rotatable bonds is 6. The summed E-state index contributed by atoms with van der Waals surface area (Å²) in [5.74, 6) is -0.372. The predicted molar refractivity (Wildman–Crippen MR) is 92.3 cm³/mol. The van der Waals surface area contributed by atoms with Crippen molar-refractivity contribution in [1.29, 1.82) is 0 Å². The lowest BCUT2D eigenvalue weighted by molar-refractivity contribution is 0.414. The van der Waals surface area contributed by atoms with Gasteiger partial charge in [-0.15, -0.1) is 0 Å². The molecule has 3 N–H and O–H groups in total. The average Bonchev–Trinajstić information content (AvgIpc) is 2.51. The van der Waals surface area contributed by atoms with Crippen molar-refractivity contribution in [2.75, 3.05) is 11.8 Å². The zero-order valence-electron chi connectivity index (χ0n) is 13.0. The minimum atomic E-state index is -4.24. The summed E-state index contributed by atoms with van der Waals surface area (Å²) in [6.45, 7) is 0. The second-order valence-electron chi connectivity index (χ2n) is 4.88. The Kier molecular flexibility index (Phi) is 5.45. The van der Waals surface area contributed by atoms with E-state index in [0.717, 1.165) is 23.6 Å². The van der Waals surface area contributed by atoms with E-state index in [9.17, 15) is 21.2 Å². The van der Waals surface area contributed by atoms with Crippen molar-refractivity contribution in [3.05, 3.63) is 59.3 Å². The summed E-state index contributed by atoms with van der Waals surface area (Å²) >= 11 is 0. The third-order valence-corrected chi connectivity index (χ3v) is 5.03. The first kappa shape index (κ1) is 18.9. The molecule has 0 spiro atoms. The molecule has 2 rings (SSSR count).